The first-order chi connectivity index (χ1) is 8.13. The van der Waals surface area contributed by atoms with E-state index in [-0.39, 0.29) is 12.0 Å². The predicted molar refractivity (Wildman–Crippen MR) is 68.5 cm³/mol. The number of aliphatic hydroxyl groups excluding tert-OH is 1. The van der Waals surface area contributed by atoms with Crippen molar-refractivity contribution in [2.45, 2.75) is 51.0 Å². The van der Waals surface area contributed by atoms with Crippen LogP contribution in [0.1, 0.15) is 44.9 Å². The third kappa shape index (κ3) is 5.50. The molecule has 4 nitrogen and oxygen atoms in total. The van der Waals surface area contributed by atoms with Crippen molar-refractivity contribution in [2.75, 3.05) is 20.1 Å². The molecule has 100 valence electrons. The maximum atomic E-state index is 11.8. The fourth-order valence-electron chi connectivity index (χ4n) is 2.30. The minimum absolute atomic E-state index is 0.125. The Morgan fingerprint density at radius 1 is 1.29 bits per heavy atom. The molecule has 0 aromatic carbocycles. The third-order valence-corrected chi connectivity index (χ3v) is 3.51. The smallest absolute Gasteiger partial charge is 0.222 e. The average Bonchev–Trinajstić information content (AvgIpc) is 2.26. The van der Waals surface area contributed by atoms with Crippen molar-refractivity contribution in [3.63, 3.8) is 0 Å². The second kappa shape index (κ2) is 7.67. The number of hydrogen-bond donors (Lipinski definition) is 2. The summed E-state index contributed by atoms with van der Waals surface area (Å²) in [5.41, 5.74) is 5.41. The summed E-state index contributed by atoms with van der Waals surface area (Å²) >= 11 is 0. The lowest BCUT2D eigenvalue weighted by Crippen LogP contribution is -2.39. The molecule has 0 aromatic rings. The van der Waals surface area contributed by atoms with E-state index < -0.39 is 0 Å². The Balaban J connectivity index is 2.02. The van der Waals surface area contributed by atoms with Crippen molar-refractivity contribution in [3.8, 4) is 0 Å². The number of nitrogens with zero attached hydrogens (tertiary/aromatic N) is 1. The lowest BCUT2D eigenvalue weighted by Gasteiger charge is -2.34. The van der Waals surface area contributed by atoms with Gasteiger partial charge in [-0.25, -0.2) is 0 Å². The van der Waals surface area contributed by atoms with E-state index in [4.69, 9.17) is 5.73 Å². The summed E-state index contributed by atoms with van der Waals surface area (Å²) in [6.07, 6.45) is 6.49. The van der Waals surface area contributed by atoms with Crippen molar-refractivity contribution in [3.05, 3.63) is 0 Å². The number of nitrogens with two attached hydrogens (primary N) is 1. The van der Waals surface area contributed by atoms with E-state index in [1.807, 2.05) is 11.9 Å². The monoisotopic (exact) mass is 242 g/mol. The molecule has 0 aliphatic heterocycles. The Hall–Kier alpha value is -0.610. The molecular weight excluding hydrogens is 216 g/mol. The summed E-state index contributed by atoms with van der Waals surface area (Å²) in [6.45, 7) is 1.55. The van der Waals surface area contributed by atoms with Crippen LogP contribution in [-0.2, 0) is 4.79 Å². The zero-order valence-electron chi connectivity index (χ0n) is 10.9. The lowest BCUT2D eigenvalue weighted by atomic mass is 9.82. The molecule has 0 unspecified atom stereocenters. The number of hydrogen-bond acceptors (Lipinski definition) is 3. The van der Waals surface area contributed by atoms with Gasteiger partial charge in [0.15, 0.2) is 0 Å². The number of rotatable bonds is 8. The van der Waals surface area contributed by atoms with Crippen molar-refractivity contribution < 1.29 is 9.90 Å². The van der Waals surface area contributed by atoms with Gasteiger partial charge in [0.1, 0.15) is 0 Å². The van der Waals surface area contributed by atoms with Gasteiger partial charge in [-0.05, 0) is 38.1 Å². The van der Waals surface area contributed by atoms with Crippen LogP contribution in [0.2, 0.25) is 0 Å². The minimum Gasteiger partial charge on any atom is -0.393 e. The first-order valence-corrected chi connectivity index (χ1v) is 6.75. The van der Waals surface area contributed by atoms with Crippen LogP contribution in [0, 0.1) is 5.92 Å². The highest BCUT2D eigenvalue weighted by Gasteiger charge is 2.28. The zero-order valence-corrected chi connectivity index (χ0v) is 10.9. The molecule has 0 saturated heterocycles. The average molecular weight is 242 g/mol. The van der Waals surface area contributed by atoms with Crippen LogP contribution in [0.5, 0.6) is 0 Å². The minimum atomic E-state index is -0.125. The van der Waals surface area contributed by atoms with Crippen LogP contribution in [-0.4, -0.2) is 42.2 Å². The van der Waals surface area contributed by atoms with Crippen molar-refractivity contribution >= 4 is 5.91 Å². The molecule has 4 heteroatoms. The zero-order chi connectivity index (χ0) is 12.7. The maximum absolute atomic E-state index is 11.8. The van der Waals surface area contributed by atoms with Gasteiger partial charge in [0, 0.05) is 20.0 Å². The van der Waals surface area contributed by atoms with Gasteiger partial charge in [0.2, 0.25) is 5.91 Å². The second-order valence-electron chi connectivity index (χ2n) is 5.22. The van der Waals surface area contributed by atoms with E-state index in [9.17, 15) is 9.90 Å². The molecule has 1 aliphatic carbocycles. The molecule has 3 N–H and O–H groups in total. The van der Waals surface area contributed by atoms with Gasteiger partial charge in [-0.3, -0.25) is 4.79 Å². The van der Waals surface area contributed by atoms with Gasteiger partial charge in [-0.2, -0.15) is 0 Å². The molecule has 0 heterocycles. The molecule has 0 radical (unpaired) electrons. The van der Waals surface area contributed by atoms with Gasteiger partial charge in [-0.1, -0.05) is 12.8 Å². The van der Waals surface area contributed by atoms with E-state index >= 15 is 0 Å². The van der Waals surface area contributed by atoms with E-state index in [1.54, 1.807) is 0 Å². The van der Waals surface area contributed by atoms with Gasteiger partial charge < -0.3 is 15.7 Å². The predicted octanol–water partition coefficient (Wildman–Crippen LogP) is 1.12. The van der Waals surface area contributed by atoms with Crippen molar-refractivity contribution in [2.24, 2.45) is 11.7 Å². The Kier molecular flexibility index (Phi) is 6.52. The molecule has 0 aromatic heterocycles. The molecule has 1 aliphatic rings. The van der Waals surface area contributed by atoms with Crippen LogP contribution in [0.15, 0.2) is 0 Å². The Bertz CT molecular complexity index is 227. The molecule has 1 amide bonds. The van der Waals surface area contributed by atoms with Crippen LogP contribution in [0.25, 0.3) is 0 Å². The summed E-state index contributed by atoms with van der Waals surface area (Å²) in [4.78, 5) is 13.6. The fraction of sp³-hybridized carbons (Fsp3) is 0.923. The molecular formula is C13H26N2O2. The highest BCUT2D eigenvalue weighted by atomic mass is 16.3. The first-order valence-electron chi connectivity index (χ1n) is 6.75. The number of carbonyl (C=O) groups excluding carboxylic acids is 1. The summed E-state index contributed by atoms with van der Waals surface area (Å²) in [7, 11) is 1.87. The van der Waals surface area contributed by atoms with Gasteiger partial charge in [-0.15, -0.1) is 0 Å². The SMILES string of the molecule is CN(CC1CC(O)C1)C(=O)CCCCCCN. The molecule has 17 heavy (non-hydrogen) atoms. The van der Waals surface area contributed by atoms with Gasteiger partial charge in [0.05, 0.1) is 6.10 Å². The van der Waals surface area contributed by atoms with Crippen LogP contribution in [0.4, 0.5) is 0 Å². The summed E-state index contributed by atoms with van der Waals surface area (Å²) < 4.78 is 0. The van der Waals surface area contributed by atoms with E-state index in [0.29, 0.717) is 12.3 Å². The van der Waals surface area contributed by atoms with Crippen molar-refractivity contribution in [1.29, 1.82) is 0 Å². The molecule has 0 spiro atoms. The molecule has 0 atom stereocenters. The number of carbonyl (C=O) groups is 1. The Labute approximate surface area is 104 Å². The van der Waals surface area contributed by atoms with Crippen LogP contribution in [0.3, 0.4) is 0 Å². The maximum Gasteiger partial charge on any atom is 0.222 e. The fourth-order valence-corrected chi connectivity index (χ4v) is 2.30. The quantitative estimate of drug-likeness (QED) is 0.627. The molecule has 1 fully saturated rings. The number of aliphatic hydroxyl groups is 1. The Morgan fingerprint density at radius 2 is 1.94 bits per heavy atom. The molecule has 1 saturated carbocycles. The largest absolute Gasteiger partial charge is 0.393 e. The normalized spacial score (nSPS) is 23.2. The van der Waals surface area contributed by atoms with Gasteiger partial charge in [0.25, 0.3) is 0 Å². The number of unbranched alkanes of at least 4 members (excludes halogenated alkanes) is 3. The summed E-state index contributed by atoms with van der Waals surface area (Å²) in [6, 6.07) is 0. The third-order valence-electron chi connectivity index (χ3n) is 3.51. The highest BCUT2D eigenvalue weighted by Crippen LogP contribution is 2.27. The van der Waals surface area contributed by atoms with Crippen LogP contribution >= 0.6 is 0 Å². The van der Waals surface area contributed by atoms with E-state index in [1.165, 1.54) is 0 Å². The first kappa shape index (κ1) is 14.5. The van der Waals surface area contributed by atoms with E-state index in [0.717, 1.165) is 51.6 Å². The standard InChI is InChI=1S/C13H26N2O2/c1-15(10-11-8-12(16)9-11)13(17)6-4-2-3-5-7-14/h11-12,16H,2-10,14H2,1H3. The molecule has 1 rings (SSSR count). The highest BCUT2D eigenvalue weighted by molar-refractivity contribution is 5.75. The number of amides is 1. The van der Waals surface area contributed by atoms with Crippen molar-refractivity contribution in [1.82, 2.24) is 4.90 Å². The van der Waals surface area contributed by atoms with E-state index in [2.05, 4.69) is 0 Å². The summed E-state index contributed by atoms with van der Waals surface area (Å²) in [5, 5.41) is 9.18. The lowest BCUT2D eigenvalue weighted by molar-refractivity contribution is -0.131. The topological polar surface area (TPSA) is 66.6 Å². The summed E-state index contributed by atoms with van der Waals surface area (Å²) in [5.74, 6) is 0.746. The molecule has 0 bridgehead atoms. The van der Waals surface area contributed by atoms with Crippen LogP contribution < -0.4 is 5.73 Å². The van der Waals surface area contributed by atoms with Gasteiger partial charge >= 0.3 is 0 Å². The second-order valence-corrected chi connectivity index (χ2v) is 5.22. The Morgan fingerprint density at radius 3 is 2.53 bits per heavy atom.